The van der Waals surface area contributed by atoms with Gasteiger partial charge in [0.1, 0.15) is 6.10 Å². The van der Waals surface area contributed by atoms with E-state index < -0.39 is 82.6 Å². The number of aliphatic carboxylic acids is 2. The molecule has 0 unspecified atom stereocenters. The fourth-order valence-electron chi connectivity index (χ4n) is 5.15. The van der Waals surface area contributed by atoms with Crippen molar-refractivity contribution in [2.75, 3.05) is 0 Å². The minimum absolute atomic E-state index is 0.120. The Morgan fingerprint density at radius 1 is 0.923 bits per heavy atom. The quantitative estimate of drug-likeness (QED) is 0.143. The molecule has 2 bridgehead atoms. The van der Waals surface area contributed by atoms with Crippen molar-refractivity contribution in [1.29, 1.82) is 0 Å². The number of allylic oxidation sites excluding steroid dienone is 2. The lowest BCUT2D eigenvalue weighted by molar-refractivity contribution is -0.160. The number of aliphatic hydroxyl groups is 1. The van der Waals surface area contributed by atoms with Gasteiger partial charge >= 0.3 is 17.9 Å². The molecule has 0 amide bonds. The molecule has 39 heavy (non-hydrogen) atoms. The van der Waals surface area contributed by atoms with Crippen LogP contribution in [0, 0.1) is 17.8 Å². The summed E-state index contributed by atoms with van der Waals surface area (Å²) in [4.78, 5) is 49.2. The Hall–Kier alpha value is -4.84. The molecule has 1 fully saturated rings. The number of hydrogen-bond donors (Lipinski definition) is 7. The lowest BCUT2D eigenvalue weighted by Gasteiger charge is -2.47. The van der Waals surface area contributed by atoms with E-state index in [1.165, 1.54) is 24.3 Å². The Morgan fingerprint density at radius 3 is 2.15 bits per heavy atom. The average molecular weight is 540 g/mol. The van der Waals surface area contributed by atoms with E-state index in [2.05, 4.69) is 0 Å². The van der Waals surface area contributed by atoms with Gasteiger partial charge < -0.3 is 40.5 Å². The topological polar surface area (TPSA) is 219 Å². The van der Waals surface area contributed by atoms with Crippen LogP contribution in [0.4, 0.5) is 0 Å². The van der Waals surface area contributed by atoms with Crippen LogP contribution in [-0.4, -0.2) is 71.6 Å². The van der Waals surface area contributed by atoms with E-state index in [1.807, 2.05) is 0 Å². The zero-order valence-electron chi connectivity index (χ0n) is 20.0. The average Bonchev–Trinajstić information content (AvgIpc) is 2.88. The molecule has 5 rings (SSSR count). The van der Waals surface area contributed by atoms with E-state index in [1.54, 1.807) is 0 Å². The third-order valence-corrected chi connectivity index (χ3v) is 6.94. The van der Waals surface area contributed by atoms with Crippen molar-refractivity contribution >= 4 is 23.7 Å². The Morgan fingerprint density at radius 2 is 1.56 bits per heavy atom. The standard InChI is InChI=1S/C27H24O12/c28-15-4-1-11(7-17(15)30)8-19(26(35)36)39-20(32)6-3-12-9-14-21(13-2-5-16(29)18(31)10-13)23(27(37)38)22(12)25(34)24(14)33/h1-7,9-10,14,19,21-24,28-31,33H,8H2,(H,35,36)(H,37,38)/b6-3+/t14-,19-,21+,22+,23-,24-/m1/s1. The predicted molar refractivity (Wildman–Crippen MR) is 130 cm³/mol. The number of ketones is 1. The minimum Gasteiger partial charge on any atom is -0.504 e. The molecule has 3 aliphatic carbocycles. The Balaban J connectivity index is 1.58. The van der Waals surface area contributed by atoms with E-state index >= 15 is 0 Å². The van der Waals surface area contributed by atoms with E-state index in [-0.39, 0.29) is 23.1 Å². The first kappa shape index (κ1) is 27.2. The minimum atomic E-state index is -1.66. The predicted octanol–water partition coefficient (Wildman–Crippen LogP) is 1.20. The van der Waals surface area contributed by atoms with Crippen LogP contribution in [0.2, 0.25) is 0 Å². The number of hydrogen-bond acceptors (Lipinski definition) is 10. The first-order valence-electron chi connectivity index (χ1n) is 11.7. The number of carboxylic acid groups (broad SMARTS) is 2. The zero-order chi connectivity index (χ0) is 28.6. The third kappa shape index (κ3) is 5.27. The normalized spacial score (nSPS) is 24.8. The number of aromatic hydroxyl groups is 4. The summed E-state index contributed by atoms with van der Waals surface area (Å²) >= 11 is 0. The van der Waals surface area contributed by atoms with Crippen molar-refractivity contribution in [3.63, 3.8) is 0 Å². The number of Topliss-reactive ketones (excluding diaryl/α,β-unsaturated/α-hetero) is 1. The smallest absolute Gasteiger partial charge is 0.345 e. The van der Waals surface area contributed by atoms with Crippen molar-refractivity contribution < 1.29 is 59.7 Å². The number of phenolic OH excluding ortho intramolecular Hbond substituents is 4. The third-order valence-electron chi connectivity index (χ3n) is 6.94. The fourth-order valence-corrected chi connectivity index (χ4v) is 5.15. The molecule has 0 spiro atoms. The van der Waals surface area contributed by atoms with E-state index in [0.29, 0.717) is 0 Å². The van der Waals surface area contributed by atoms with Crippen molar-refractivity contribution in [3.8, 4) is 23.0 Å². The second-order valence-electron chi connectivity index (χ2n) is 9.33. The highest BCUT2D eigenvalue weighted by Crippen LogP contribution is 2.52. The maximum Gasteiger partial charge on any atom is 0.345 e. The second kappa shape index (κ2) is 10.5. The van der Waals surface area contributed by atoms with Gasteiger partial charge in [0, 0.05) is 24.3 Å². The number of carbonyl (C=O) groups excluding carboxylic acids is 2. The first-order valence-corrected chi connectivity index (χ1v) is 11.7. The molecule has 204 valence electrons. The van der Waals surface area contributed by atoms with Gasteiger partial charge in [-0.25, -0.2) is 9.59 Å². The Bertz CT molecular complexity index is 1410. The van der Waals surface area contributed by atoms with Crippen LogP contribution < -0.4 is 0 Å². The molecular formula is C27H24O12. The van der Waals surface area contributed by atoms with Gasteiger partial charge in [0.25, 0.3) is 0 Å². The van der Waals surface area contributed by atoms with Crippen LogP contribution in [0.1, 0.15) is 17.0 Å². The molecule has 0 saturated heterocycles. The second-order valence-corrected chi connectivity index (χ2v) is 9.33. The molecule has 1 saturated carbocycles. The molecular weight excluding hydrogens is 516 g/mol. The summed E-state index contributed by atoms with van der Waals surface area (Å²) in [5.41, 5.74) is 0.661. The van der Waals surface area contributed by atoms with E-state index in [9.17, 15) is 54.9 Å². The number of carbonyl (C=O) groups is 4. The summed E-state index contributed by atoms with van der Waals surface area (Å²) < 4.78 is 5.00. The highest BCUT2D eigenvalue weighted by molar-refractivity contribution is 5.97. The van der Waals surface area contributed by atoms with Crippen molar-refractivity contribution in [2.45, 2.75) is 24.5 Å². The monoisotopic (exact) mass is 540 g/mol. The van der Waals surface area contributed by atoms with Crippen LogP contribution in [0.25, 0.3) is 0 Å². The maximum absolute atomic E-state index is 12.9. The number of phenols is 4. The number of aliphatic hydroxyl groups excluding tert-OH is 1. The number of rotatable bonds is 8. The van der Waals surface area contributed by atoms with E-state index in [4.69, 9.17) is 4.74 Å². The van der Waals surface area contributed by atoms with Crippen LogP contribution in [0.15, 0.2) is 60.2 Å². The Labute approximate surface area is 220 Å². The van der Waals surface area contributed by atoms with Gasteiger partial charge in [-0.2, -0.15) is 0 Å². The first-order chi connectivity index (χ1) is 18.4. The summed E-state index contributed by atoms with van der Waals surface area (Å²) in [6, 6.07) is 7.31. The molecule has 0 aliphatic heterocycles. The van der Waals surface area contributed by atoms with E-state index in [0.717, 1.165) is 30.4 Å². The Kier molecular flexibility index (Phi) is 7.32. The number of esters is 1. The van der Waals surface area contributed by atoms with Gasteiger partial charge in [-0.05, 0) is 41.0 Å². The van der Waals surface area contributed by atoms with Crippen LogP contribution >= 0.6 is 0 Å². The molecule has 7 N–H and O–H groups in total. The summed E-state index contributed by atoms with van der Waals surface area (Å²) in [6.07, 6.45) is -0.115. The molecule has 6 atom stereocenters. The lowest BCUT2D eigenvalue weighted by Crippen LogP contribution is -2.54. The van der Waals surface area contributed by atoms with Gasteiger partial charge in [-0.15, -0.1) is 0 Å². The molecule has 2 aromatic rings. The highest BCUT2D eigenvalue weighted by atomic mass is 16.6. The number of carboxylic acids is 2. The molecule has 0 radical (unpaired) electrons. The lowest BCUT2D eigenvalue weighted by atomic mass is 9.56. The molecule has 12 nitrogen and oxygen atoms in total. The maximum atomic E-state index is 12.9. The molecule has 2 aromatic carbocycles. The van der Waals surface area contributed by atoms with Gasteiger partial charge in [-0.1, -0.05) is 24.3 Å². The molecule has 3 aliphatic rings. The summed E-state index contributed by atoms with van der Waals surface area (Å²) in [7, 11) is 0. The van der Waals surface area contributed by atoms with Crippen LogP contribution in [0.5, 0.6) is 23.0 Å². The molecule has 0 heterocycles. The van der Waals surface area contributed by atoms with Gasteiger partial charge in [0.2, 0.25) is 6.10 Å². The largest absolute Gasteiger partial charge is 0.504 e. The van der Waals surface area contributed by atoms with Gasteiger partial charge in [0.15, 0.2) is 28.8 Å². The van der Waals surface area contributed by atoms with Crippen molar-refractivity contribution in [1.82, 2.24) is 0 Å². The van der Waals surface area contributed by atoms with Crippen LogP contribution in [0.3, 0.4) is 0 Å². The van der Waals surface area contributed by atoms with Crippen molar-refractivity contribution in [3.05, 3.63) is 71.3 Å². The number of fused-ring (bicyclic) bond motifs is 2. The van der Waals surface area contributed by atoms with Crippen molar-refractivity contribution in [2.24, 2.45) is 17.8 Å². The highest BCUT2D eigenvalue weighted by Gasteiger charge is 2.56. The van der Waals surface area contributed by atoms with Crippen LogP contribution in [-0.2, 0) is 30.3 Å². The molecule has 0 aromatic heterocycles. The number of ether oxygens (including phenoxy) is 1. The summed E-state index contributed by atoms with van der Waals surface area (Å²) in [6.45, 7) is 0. The van der Waals surface area contributed by atoms with Gasteiger partial charge in [-0.3, -0.25) is 9.59 Å². The summed E-state index contributed by atoms with van der Waals surface area (Å²) in [5, 5.41) is 68.5. The number of benzene rings is 2. The van der Waals surface area contributed by atoms with Gasteiger partial charge in [0.05, 0.1) is 11.8 Å². The zero-order valence-corrected chi connectivity index (χ0v) is 20.0. The molecule has 12 heteroatoms. The SMILES string of the molecule is O=C(/C=C/C1=C[C@@H]2[C@H](c3ccc(O)c(O)c3)[C@@H](C(=O)O)[C@H]1C(=O)[C@@H]2O)O[C@H](Cc1ccc(O)c(O)c1)C(=O)O. The summed E-state index contributed by atoms with van der Waals surface area (Å²) in [5.74, 6) is -11.2. The fraction of sp³-hybridized carbons (Fsp3) is 0.259.